The van der Waals surface area contributed by atoms with Crippen LogP contribution in [0.5, 0.6) is 0 Å². The molecular weight excluding hydrogens is 192 g/mol. The summed E-state index contributed by atoms with van der Waals surface area (Å²) in [6.07, 6.45) is 1.75. The SMILES string of the molecule is COS(=O)(=O)C1CC2CC1CC2O. The predicted molar refractivity (Wildman–Crippen MR) is 46.6 cm³/mol. The highest BCUT2D eigenvalue weighted by molar-refractivity contribution is 7.87. The summed E-state index contributed by atoms with van der Waals surface area (Å²) in [7, 11) is -2.16. The fourth-order valence-corrected chi connectivity index (χ4v) is 4.09. The number of aliphatic hydroxyl groups excluding tert-OH is 1. The third kappa shape index (κ3) is 1.39. The van der Waals surface area contributed by atoms with Gasteiger partial charge in [0.2, 0.25) is 0 Å². The highest BCUT2D eigenvalue weighted by Crippen LogP contribution is 2.47. The van der Waals surface area contributed by atoms with E-state index in [1.165, 1.54) is 7.11 Å². The van der Waals surface area contributed by atoms with Gasteiger partial charge in [-0.3, -0.25) is 4.18 Å². The maximum absolute atomic E-state index is 11.4. The second-order valence-corrected chi connectivity index (χ2v) is 5.92. The summed E-state index contributed by atoms with van der Waals surface area (Å²) in [5.74, 6) is 0.296. The number of hydrogen-bond donors (Lipinski definition) is 1. The molecule has 0 spiro atoms. The lowest BCUT2D eigenvalue weighted by molar-refractivity contribution is 0.113. The first kappa shape index (κ1) is 9.43. The Hall–Kier alpha value is -0.130. The summed E-state index contributed by atoms with van der Waals surface area (Å²) in [6, 6.07) is 0. The van der Waals surface area contributed by atoms with Crippen molar-refractivity contribution in [2.45, 2.75) is 30.6 Å². The summed E-state index contributed by atoms with van der Waals surface area (Å²) in [4.78, 5) is 0. The summed E-state index contributed by atoms with van der Waals surface area (Å²) in [6.45, 7) is 0. The Morgan fingerprint density at radius 3 is 2.31 bits per heavy atom. The molecule has 0 saturated heterocycles. The van der Waals surface area contributed by atoms with Crippen LogP contribution in [0.1, 0.15) is 19.3 Å². The monoisotopic (exact) mass is 206 g/mol. The van der Waals surface area contributed by atoms with Gasteiger partial charge in [0.15, 0.2) is 0 Å². The van der Waals surface area contributed by atoms with Crippen LogP contribution >= 0.6 is 0 Å². The zero-order valence-electron chi connectivity index (χ0n) is 7.51. The van der Waals surface area contributed by atoms with Crippen molar-refractivity contribution in [1.29, 1.82) is 0 Å². The van der Waals surface area contributed by atoms with Crippen molar-refractivity contribution in [3.63, 3.8) is 0 Å². The molecule has 4 atom stereocenters. The number of fused-ring (bicyclic) bond motifs is 2. The maximum atomic E-state index is 11.4. The van der Waals surface area contributed by atoms with E-state index in [0.717, 1.165) is 6.42 Å². The van der Waals surface area contributed by atoms with Gasteiger partial charge >= 0.3 is 0 Å². The smallest absolute Gasteiger partial charge is 0.270 e. The van der Waals surface area contributed by atoms with Crippen LogP contribution in [0, 0.1) is 11.8 Å². The van der Waals surface area contributed by atoms with E-state index in [1.54, 1.807) is 0 Å². The van der Waals surface area contributed by atoms with Crippen LogP contribution < -0.4 is 0 Å². The fourth-order valence-electron chi connectivity index (χ4n) is 2.67. The lowest BCUT2D eigenvalue weighted by Gasteiger charge is -2.23. The standard InChI is InChI=1S/C8H14O4S/c1-12-13(10,11)8-4-5-2-6(8)3-7(5)9/h5-9H,2-4H2,1H3. The highest BCUT2D eigenvalue weighted by atomic mass is 32.2. The molecule has 2 aliphatic carbocycles. The lowest BCUT2D eigenvalue weighted by atomic mass is 9.97. The molecule has 0 aromatic carbocycles. The van der Waals surface area contributed by atoms with Gasteiger partial charge in [0.1, 0.15) is 0 Å². The quantitative estimate of drug-likeness (QED) is 0.652. The molecule has 2 saturated carbocycles. The van der Waals surface area contributed by atoms with E-state index < -0.39 is 10.1 Å². The zero-order chi connectivity index (χ0) is 9.64. The van der Waals surface area contributed by atoms with Gasteiger partial charge in [0.05, 0.1) is 18.5 Å². The van der Waals surface area contributed by atoms with Crippen molar-refractivity contribution in [2.75, 3.05) is 7.11 Å². The molecule has 76 valence electrons. The van der Waals surface area contributed by atoms with E-state index in [2.05, 4.69) is 4.18 Å². The van der Waals surface area contributed by atoms with Gasteiger partial charge < -0.3 is 5.11 Å². The molecule has 5 heteroatoms. The van der Waals surface area contributed by atoms with Crippen molar-refractivity contribution < 1.29 is 17.7 Å². The third-order valence-corrected chi connectivity index (χ3v) is 5.14. The average molecular weight is 206 g/mol. The van der Waals surface area contributed by atoms with Crippen LogP contribution in [0.15, 0.2) is 0 Å². The molecule has 2 fully saturated rings. The zero-order valence-corrected chi connectivity index (χ0v) is 8.33. The number of aliphatic hydroxyl groups is 1. The van der Waals surface area contributed by atoms with E-state index in [0.29, 0.717) is 12.8 Å². The molecule has 0 aromatic heterocycles. The summed E-state index contributed by atoms with van der Waals surface area (Å²) < 4.78 is 27.3. The molecule has 2 rings (SSSR count). The summed E-state index contributed by atoms with van der Waals surface area (Å²) >= 11 is 0. The highest BCUT2D eigenvalue weighted by Gasteiger charge is 2.50. The van der Waals surface area contributed by atoms with Crippen molar-refractivity contribution in [3.8, 4) is 0 Å². The van der Waals surface area contributed by atoms with Crippen LogP contribution in [0.4, 0.5) is 0 Å². The molecule has 0 heterocycles. The van der Waals surface area contributed by atoms with Crippen LogP contribution in [0.2, 0.25) is 0 Å². The first-order valence-electron chi connectivity index (χ1n) is 4.52. The van der Waals surface area contributed by atoms with E-state index in [4.69, 9.17) is 0 Å². The van der Waals surface area contributed by atoms with Crippen molar-refractivity contribution in [2.24, 2.45) is 11.8 Å². The first-order valence-corrected chi connectivity index (χ1v) is 5.99. The van der Waals surface area contributed by atoms with E-state index in [1.807, 2.05) is 0 Å². The molecule has 0 aromatic rings. The van der Waals surface area contributed by atoms with Crippen molar-refractivity contribution in [3.05, 3.63) is 0 Å². The van der Waals surface area contributed by atoms with Gasteiger partial charge in [0.25, 0.3) is 10.1 Å². The van der Waals surface area contributed by atoms with Gasteiger partial charge in [-0.2, -0.15) is 8.42 Å². The topological polar surface area (TPSA) is 63.6 Å². The van der Waals surface area contributed by atoms with E-state index >= 15 is 0 Å². The van der Waals surface area contributed by atoms with Crippen LogP contribution in [-0.2, 0) is 14.3 Å². The van der Waals surface area contributed by atoms with Gasteiger partial charge in [-0.15, -0.1) is 0 Å². The molecule has 4 nitrogen and oxygen atoms in total. The Kier molecular flexibility index (Phi) is 2.13. The fraction of sp³-hybridized carbons (Fsp3) is 1.00. The van der Waals surface area contributed by atoms with Gasteiger partial charge in [-0.05, 0) is 31.1 Å². The average Bonchev–Trinajstić information content (AvgIpc) is 2.62. The molecule has 2 bridgehead atoms. The summed E-state index contributed by atoms with van der Waals surface area (Å²) in [5, 5.41) is 9.07. The second kappa shape index (κ2) is 2.93. The molecule has 0 radical (unpaired) electrons. The Balaban J connectivity index is 2.16. The Labute approximate surface area is 78.0 Å². The first-order chi connectivity index (χ1) is 6.04. The van der Waals surface area contributed by atoms with Crippen LogP contribution in [0.25, 0.3) is 0 Å². The van der Waals surface area contributed by atoms with Gasteiger partial charge in [-0.1, -0.05) is 0 Å². The molecule has 1 N–H and O–H groups in total. The van der Waals surface area contributed by atoms with Crippen LogP contribution in [-0.4, -0.2) is 32.0 Å². The largest absolute Gasteiger partial charge is 0.393 e. The van der Waals surface area contributed by atoms with Crippen molar-refractivity contribution in [1.82, 2.24) is 0 Å². The minimum atomic E-state index is -3.36. The normalized spacial score (nSPS) is 44.2. The van der Waals surface area contributed by atoms with Gasteiger partial charge in [0, 0.05) is 0 Å². The maximum Gasteiger partial charge on any atom is 0.270 e. The Bertz CT molecular complexity index is 295. The van der Waals surface area contributed by atoms with Gasteiger partial charge in [-0.25, -0.2) is 0 Å². The Morgan fingerprint density at radius 1 is 1.23 bits per heavy atom. The molecule has 4 unspecified atom stereocenters. The van der Waals surface area contributed by atoms with E-state index in [9.17, 15) is 13.5 Å². The predicted octanol–water partition coefficient (Wildman–Crippen LogP) is 0.122. The minimum absolute atomic E-state index is 0.116. The Morgan fingerprint density at radius 2 is 1.92 bits per heavy atom. The van der Waals surface area contributed by atoms with Crippen LogP contribution in [0.3, 0.4) is 0 Å². The molecular formula is C8H14O4S. The van der Waals surface area contributed by atoms with E-state index in [-0.39, 0.29) is 23.2 Å². The lowest BCUT2D eigenvalue weighted by Crippen LogP contribution is -2.32. The third-order valence-electron chi connectivity index (χ3n) is 3.36. The minimum Gasteiger partial charge on any atom is -0.393 e. The number of rotatable bonds is 2. The van der Waals surface area contributed by atoms with Crippen molar-refractivity contribution >= 4 is 10.1 Å². The number of hydrogen-bond acceptors (Lipinski definition) is 4. The molecule has 2 aliphatic rings. The summed E-state index contributed by atoms with van der Waals surface area (Å²) in [5.41, 5.74) is 0. The molecule has 13 heavy (non-hydrogen) atoms. The second-order valence-electron chi connectivity index (χ2n) is 3.99. The molecule has 0 aliphatic heterocycles. The molecule has 0 amide bonds.